The molecule has 0 unspecified atom stereocenters. The van der Waals surface area contributed by atoms with Crippen LogP contribution in [0.2, 0.25) is 0 Å². The molecule has 23 heavy (non-hydrogen) atoms. The molecule has 0 atom stereocenters. The lowest BCUT2D eigenvalue weighted by Gasteiger charge is -2.10. The van der Waals surface area contributed by atoms with Gasteiger partial charge in [-0.1, -0.05) is 24.3 Å². The Balaban J connectivity index is 2.00. The van der Waals surface area contributed by atoms with E-state index in [9.17, 15) is 4.79 Å². The lowest BCUT2D eigenvalue weighted by atomic mass is 9.97. The van der Waals surface area contributed by atoms with E-state index in [0.29, 0.717) is 11.4 Å². The van der Waals surface area contributed by atoms with Gasteiger partial charge in [-0.3, -0.25) is 4.79 Å². The highest BCUT2D eigenvalue weighted by molar-refractivity contribution is 6.07. The van der Waals surface area contributed by atoms with E-state index in [1.54, 1.807) is 24.1 Å². The SMILES string of the molecule is COc1ccc(-c2cccc(C(=O)c3nccn3C)c2)c(C)c1. The number of hydrogen-bond acceptors (Lipinski definition) is 3. The van der Waals surface area contributed by atoms with E-state index in [0.717, 1.165) is 22.4 Å². The monoisotopic (exact) mass is 306 g/mol. The van der Waals surface area contributed by atoms with Crippen molar-refractivity contribution >= 4 is 5.78 Å². The van der Waals surface area contributed by atoms with Crippen LogP contribution in [0.5, 0.6) is 5.75 Å². The van der Waals surface area contributed by atoms with E-state index in [1.165, 1.54) is 0 Å². The maximum atomic E-state index is 12.6. The highest BCUT2D eigenvalue weighted by atomic mass is 16.5. The summed E-state index contributed by atoms with van der Waals surface area (Å²) in [6.45, 7) is 2.03. The minimum atomic E-state index is -0.0782. The largest absolute Gasteiger partial charge is 0.497 e. The molecule has 0 aliphatic carbocycles. The fourth-order valence-corrected chi connectivity index (χ4v) is 2.63. The number of hydrogen-bond donors (Lipinski definition) is 0. The zero-order valence-corrected chi connectivity index (χ0v) is 13.4. The molecule has 3 rings (SSSR count). The second kappa shape index (κ2) is 6.08. The Kier molecular flexibility index (Phi) is 3.98. The molecule has 116 valence electrons. The zero-order valence-electron chi connectivity index (χ0n) is 13.4. The smallest absolute Gasteiger partial charge is 0.228 e. The van der Waals surface area contributed by atoms with Gasteiger partial charge in [-0.05, 0) is 41.8 Å². The van der Waals surface area contributed by atoms with E-state index in [-0.39, 0.29) is 5.78 Å². The van der Waals surface area contributed by atoms with Gasteiger partial charge in [0.15, 0.2) is 5.82 Å². The number of imidazole rings is 1. The molecule has 0 aliphatic rings. The van der Waals surface area contributed by atoms with Gasteiger partial charge in [0.25, 0.3) is 0 Å². The molecule has 0 fully saturated rings. The maximum Gasteiger partial charge on any atom is 0.228 e. The predicted molar refractivity (Wildman–Crippen MR) is 89.8 cm³/mol. The number of benzene rings is 2. The van der Waals surface area contributed by atoms with Gasteiger partial charge in [-0.15, -0.1) is 0 Å². The normalized spacial score (nSPS) is 10.6. The van der Waals surface area contributed by atoms with Gasteiger partial charge in [0.1, 0.15) is 5.75 Å². The van der Waals surface area contributed by atoms with Crippen LogP contribution in [0.15, 0.2) is 54.9 Å². The van der Waals surface area contributed by atoms with Crippen LogP contribution in [0.3, 0.4) is 0 Å². The lowest BCUT2D eigenvalue weighted by molar-refractivity contribution is 0.102. The van der Waals surface area contributed by atoms with Crippen molar-refractivity contribution in [3.05, 3.63) is 71.8 Å². The Bertz CT molecular complexity index is 865. The molecule has 0 radical (unpaired) electrons. The van der Waals surface area contributed by atoms with Crippen molar-refractivity contribution in [2.45, 2.75) is 6.92 Å². The lowest BCUT2D eigenvalue weighted by Crippen LogP contribution is -2.08. The van der Waals surface area contributed by atoms with E-state index >= 15 is 0 Å². The quantitative estimate of drug-likeness (QED) is 0.691. The Labute approximate surface area is 135 Å². The van der Waals surface area contributed by atoms with Gasteiger partial charge >= 0.3 is 0 Å². The number of carbonyl (C=O) groups is 1. The Morgan fingerprint density at radius 1 is 1.17 bits per heavy atom. The van der Waals surface area contributed by atoms with Gasteiger partial charge < -0.3 is 9.30 Å². The number of aryl methyl sites for hydroxylation is 2. The molecular weight excluding hydrogens is 288 g/mol. The predicted octanol–water partition coefficient (Wildman–Crippen LogP) is 3.64. The topological polar surface area (TPSA) is 44.1 Å². The van der Waals surface area contributed by atoms with Crippen molar-refractivity contribution in [1.82, 2.24) is 9.55 Å². The van der Waals surface area contributed by atoms with Crippen molar-refractivity contribution in [2.24, 2.45) is 7.05 Å². The molecule has 3 aromatic rings. The fraction of sp³-hybridized carbons (Fsp3) is 0.158. The fourth-order valence-electron chi connectivity index (χ4n) is 2.63. The first-order valence-corrected chi connectivity index (χ1v) is 7.37. The average Bonchev–Trinajstić information content (AvgIpc) is 3.00. The molecule has 0 amide bonds. The summed E-state index contributed by atoms with van der Waals surface area (Å²) in [4.78, 5) is 16.7. The minimum Gasteiger partial charge on any atom is -0.497 e. The molecule has 0 bridgehead atoms. The van der Waals surface area contributed by atoms with E-state index < -0.39 is 0 Å². The van der Waals surface area contributed by atoms with Gasteiger partial charge in [0, 0.05) is 25.0 Å². The molecule has 1 heterocycles. The molecule has 0 aliphatic heterocycles. The van der Waals surface area contributed by atoms with Crippen LogP contribution < -0.4 is 4.74 Å². The molecule has 0 saturated carbocycles. The number of nitrogens with zero attached hydrogens (tertiary/aromatic N) is 2. The summed E-state index contributed by atoms with van der Waals surface area (Å²) in [7, 11) is 3.47. The minimum absolute atomic E-state index is 0.0782. The van der Waals surface area contributed by atoms with Crippen LogP contribution >= 0.6 is 0 Å². The summed E-state index contributed by atoms with van der Waals surface area (Å²) in [5.41, 5.74) is 3.82. The number of ketones is 1. The number of rotatable bonds is 4. The molecule has 4 nitrogen and oxygen atoms in total. The maximum absolute atomic E-state index is 12.6. The van der Waals surface area contributed by atoms with Gasteiger partial charge in [0.05, 0.1) is 7.11 Å². The summed E-state index contributed by atoms with van der Waals surface area (Å²) in [6.07, 6.45) is 3.40. The number of aromatic nitrogens is 2. The van der Waals surface area contributed by atoms with Gasteiger partial charge in [0.2, 0.25) is 5.78 Å². The first kappa shape index (κ1) is 15.0. The zero-order chi connectivity index (χ0) is 16.4. The first-order chi connectivity index (χ1) is 11.1. The number of ether oxygens (including phenoxy) is 1. The second-order valence-electron chi connectivity index (χ2n) is 5.45. The Hall–Kier alpha value is -2.88. The number of carbonyl (C=O) groups excluding carboxylic acids is 1. The summed E-state index contributed by atoms with van der Waals surface area (Å²) in [6, 6.07) is 13.6. The second-order valence-corrected chi connectivity index (χ2v) is 5.45. The molecular formula is C19H18N2O2. The van der Waals surface area contributed by atoms with Crippen molar-refractivity contribution < 1.29 is 9.53 Å². The summed E-state index contributed by atoms with van der Waals surface area (Å²) >= 11 is 0. The van der Waals surface area contributed by atoms with Crippen molar-refractivity contribution in [2.75, 3.05) is 7.11 Å². The van der Waals surface area contributed by atoms with E-state index in [2.05, 4.69) is 4.98 Å². The summed E-state index contributed by atoms with van der Waals surface area (Å²) in [5, 5.41) is 0. The molecule has 4 heteroatoms. The van der Waals surface area contributed by atoms with Gasteiger partial charge in [-0.2, -0.15) is 0 Å². The summed E-state index contributed by atoms with van der Waals surface area (Å²) in [5.74, 6) is 1.19. The third-order valence-electron chi connectivity index (χ3n) is 3.89. The average molecular weight is 306 g/mol. The Morgan fingerprint density at radius 2 is 2.00 bits per heavy atom. The molecule has 0 saturated heterocycles. The third-order valence-corrected chi connectivity index (χ3v) is 3.89. The van der Waals surface area contributed by atoms with Gasteiger partial charge in [-0.25, -0.2) is 4.98 Å². The molecule has 0 N–H and O–H groups in total. The highest BCUT2D eigenvalue weighted by Crippen LogP contribution is 2.27. The van der Waals surface area contributed by atoms with Crippen LogP contribution in [0.1, 0.15) is 21.7 Å². The van der Waals surface area contributed by atoms with Crippen LogP contribution in [0.4, 0.5) is 0 Å². The molecule has 1 aromatic heterocycles. The highest BCUT2D eigenvalue weighted by Gasteiger charge is 2.14. The van der Waals surface area contributed by atoms with Crippen LogP contribution in [0.25, 0.3) is 11.1 Å². The first-order valence-electron chi connectivity index (χ1n) is 7.37. The van der Waals surface area contributed by atoms with Crippen molar-refractivity contribution in [3.63, 3.8) is 0 Å². The molecule has 2 aromatic carbocycles. The summed E-state index contributed by atoms with van der Waals surface area (Å²) < 4.78 is 6.97. The third kappa shape index (κ3) is 2.88. The van der Waals surface area contributed by atoms with Crippen LogP contribution in [0, 0.1) is 6.92 Å². The number of methoxy groups -OCH3 is 1. The van der Waals surface area contributed by atoms with E-state index in [1.807, 2.05) is 56.4 Å². The molecule has 0 spiro atoms. The van der Waals surface area contributed by atoms with Crippen molar-refractivity contribution in [1.29, 1.82) is 0 Å². The Morgan fingerprint density at radius 3 is 2.65 bits per heavy atom. The standard InChI is InChI=1S/C19H18N2O2/c1-13-11-16(23-3)7-8-17(13)14-5-4-6-15(12-14)18(22)19-20-9-10-21(19)2/h4-12H,1-3H3. The van der Waals surface area contributed by atoms with Crippen molar-refractivity contribution in [3.8, 4) is 16.9 Å². The van der Waals surface area contributed by atoms with Crippen LogP contribution in [-0.2, 0) is 7.05 Å². The van der Waals surface area contributed by atoms with Crippen LogP contribution in [-0.4, -0.2) is 22.4 Å². The van der Waals surface area contributed by atoms with E-state index in [4.69, 9.17) is 4.74 Å².